The molecule has 0 radical (unpaired) electrons. The van der Waals surface area contributed by atoms with Gasteiger partial charge < -0.3 is 4.55 Å². The molecule has 0 heterocycles. The molecule has 1 unspecified atom stereocenters. The van der Waals surface area contributed by atoms with E-state index in [0.29, 0.717) is 6.42 Å². The number of hydrogen-bond donors (Lipinski definition) is 0. The van der Waals surface area contributed by atoms with E-state index < -0.39 is 8.77 Å². The molecule has 0 rings (SSSR count). The van der Waals surface area contributed by atoms with Crippen molar-refractivity contribution in [3.8, 4) is 0 Å². The molecule has 5 heteroatoms. The molecular weight excluding hydrogens is 171 g/mol. The molecule has 0 aliphatic carbocycles. The van der Waals surface area contributed by atoms with Crippen molar-refractivity contribution in [2.45, 2.75) is 13.3 Å². The van der Waals surface area contributed by atoms with Crippen LogP contribution in [0.25, 0.3) is 0 Å². The zero-order valence-corrected chi connectivity index (χ0v) is 9.80. The predicted octanol–water partition coefficient (Wildman–Crippen LogP) is -2.72. The summed E-state index contributed by atoms with van der Waals surface area (Å²) in [4.78, 5) is 0. The molecule has 0 aliphatic rings. The SMILES string of the molecule is CCCS(=O)([O-])=S.[K+]. The average Bonchev–Trinajstić information content (AvgIpc) is 1.30. The Balaban J connectivity index is 0. The van der Waals surface area contributed by atoms with Gasteiger partial charge in [0.2, 0.25) is 0 Å². The van der Waals surface area contributed by atoms with Crippen LogP contribution < -0.4 is 51.4 Å². The third-order valence-electron chi connectivity index (χ3n) is 0.454. The van der Waals surface area contributed by atoms with Crippen LogP contribution >= 0.6 is 0 Å². The largest absolute Gasteiger partial charge is 1.00 e. The standard InChI is InChI=1S/C3H8O2S2.K/c1-2-3-7(4,5)6;/h2-3H2,1H3,(H,4,5,6);/q;+1/p-1. The van der Waals surface area contributed by atoms with Gasteiger partial charge in [0.1, 0.15) is 0 Å². The molecular formula is C3H7KO2S2. The Kier molecular flexibility index (Phi) is 9.04. The van der Waals surface area contributed by atoms with Crippen LogP contribution in [-0.2, 0) is 20.0 Å². The zero-order chi connectivity index (χ0) is 5.91. The van der Waals surface area contributed by atoms with Crippen LogP contribution in [0, 0.1) is 0 Å². The number of rotatable bonds is 2. The van der Waals surface area contributed by atoms with Crippen molar-refractivity contribution < 1.29 is 60.1 Å². The van der Waals surface area contributed by atoms with Gasteiger partial charge in [0.15, 0.2) is 0 Å². The van der Waals surface area contributed by atoms with Crippen molar-refractivity contribution in [1.29, 1.82) is 0 Å². The second-order valence-corrected chi connectivity index (χ2v) is 4.31. The van der Waals surface area contributed by atoms with Gasteiger partial charge in [0, 0.05) is 5.75 Å². The van der Waals surface area contributed by atoms with Gasteiger partial charge >= 0.3 is 51.4 Å². The molecule has 0 fully saturated rings. The summed E-state index contributed by atoms with van der Waals surface area (Å²) in [5.41, 5.74) is 0. The van der Waals surface area contributed by atoms with Gasteiger partial charge in [-0.1, -0.05) is 6.92 Å². The molecule has 8 heavy (non-hydrogen) atoms. The minimum atomic E-state index is -3.09. The summed E-state index contributed by atoms with van der Waals surface area (Å²) < 4.78 is 20.1. The first-order valence-electron chi connectivity index (χ1n) is 2.00. The quantitative estimate of drug-likeness (QED) is 0.431. The van der Waals surface area contributed by atoms with Gasteiger partial charge in [-0.3, -0.25) is 4.21 Å². The molecule has 0 saturated carbocycles. The Bertz CT molecular complexity index is 128. The van der Waals surface area contributed by atoms with E-state index in [9.17, 15) is 8.76 Å². The van der Waals surface area contributed by atoms with Crippen molar-refractivity contribution >= 4 is 20.0 Å². The number of hydrogen-bond acceptors (Lipinski definition) is 3. The van der Waals surface area contributed by atoms with E-state index in [2.05, 4.69) is 11.2 Å². The minimum Gasteiger partial charge on any atom is -0.769 e. The molecule has 0 aromatic heterocycles. The third-order valence-corrected chi connectivity index (χ3v) is 1.86. The summed E-state index contributed by atoms with van der Waals surface area (Å²) in [7, 11) is -3.09. The molecule has 1 atom stereocenters. The molecule has 0 aliphatic heterocycles. The van der Waals surface area contributed by atoms with E-state index in [1.807, 2.05) is 0 Å². The molecule has 2 nitrogen and oxygen atoms in total. The second kappa shape index (κ2) is 5.73. The topological polar surface area (TPSA) is 40.1 Å². The Labute approximate surface area is 97.3 Å². The van der Waals surface area contributed by atoms with E-state index in [1.165, 1.54) is 0 Å². The van der Waals surface area contributed by atoms with Gasteiger partial charge in [-0.25, -0.2) is 0 Å². The molecule has 0 spiro atoms. The van der Waals surface area contributed by atoms with Crippen molar-refractivity contribution in [3.05, 3.63) is 0 Å². The van der Waals surface area contributed by atoms with Crippen molar-refractivity contribution in [1.82, 2.24) is 0 Å². The Morgan fingerprint density at radius 1 is 1.75 bits per heavy atom. The van der Waals surface area contributed by atoms with Gasteiger partial charge in [0.25, 0.3) is 0 Å². The van der Waals surface area contributed by atoms with Crippen LogP contribution in [0.2, 0.25) is 0 Å². The average molecular weight is 178 g/mol. The van der Waals surface area contributed by atoms with Crippen molar-refractivity contribution in [2.75, 3.05) is 5.75 Å². The van der Waals surface area contributed by atoms with E-state index >= 15 is 0 Å². The smallest absolute Gasteiger partial charge is 0.769 e. The first-order chi connectivity index (χ1) is 3.06. The van der Waals surface area contributed by atoms with E-state index in [4.69, 9.17) is 0 Å². The fraction of sp³-hybridized carbons (Fsp3) is 1.00. The van der Waals surface area contributed by atoms with Gasteiger partial charge in [-0.05, 0) is 26.4 Å². The van der Waals surface area contributed by atoms with Crippen LogP contribution in [0.5, 0.6) is 0 Å². The molecule has 44 valence electrons. The van der Waals surface area contributed by atoms with Crippen molar-refractivity contribution in [3.63, 3.8) is 0 Å². The van der Waals surface area contributed by atoms with E-state index in [1.54, 1.807) is 6.92 Å². The van der Waals surface area contributed by atoms with Crippen LogP contribution in [-0.4, -0.2) is 14.5 Å². The molecule has 0 aromatic rings. The van der Waals surface area contributed by atoms with Crippen LogP contribution in [0.1, 0.15) is 13.3 Å². The second-order valence-electron chi connectivity index (χ2n) is 1.26. The van der Waals surface area contributed by atoms with Crippen LogP contribution in [0.15, 0.2) is 0 Å². The van der Waals surface area contributed by atoms with E-state index in [0.717, 1.165) is 0 Å². The minimum absolute atomic E-state index is 0. The summed E-state index contributed by atoms with van der Waals surface area (Å²) in [5.74, 6) is 0.127. The fourth-order valence-corrected chi connectivity index (χ4v) is 1.25. The van der Waals surface area contributed by atoms with Crippen LogP contribution in [0.3, 0.4) is 0 Å². The summed E-state index contributed by atoms with van der Waals surface area (Å²) in [6.07, 6.45) is 0.617. The van der Waals surface area contributed by atoms with Gasteiger partial charge in [0.05, 0.1) is 0 Å². The van der Waals surface area contributed by atoms with Gasteiger partial charge in [-0.2, -0.15) is 0 Å². The fourth-order valence-electron chi connectivity index (χ4n) is 0.250. The van der Waals surface area contributed by atoms with E-state index in [-0.39, 0.29) is 57.1 Å². The summed E-state index contributed by atoms with van der Waals surface area (Å²) in [6, 6.07) is 0. The Hall–Kier alpha value is 1.97. The molecule has 0 aromatic carbocycles. The normalized spacial score (nSPS) is 16.2. The summed E-state index contributed by atoms with van der Waals surface area (Å²) >= 11 is 4.06. The Morgan fingerprint density at radius 2 is 2.12 bits per heavy atom. The zero-order valence-electron chi connectivity index (χ0n) is 5.05. The molecule has 0 N–H and O–H groups in total. The maximum atomic E-state index is 10.0. The summed E-state index contributed by atoms with van der Waals surface area (Å²) in [6.45, 7) is 1.78. The third kappa shape index (κ3) is 10.9. The predicted molar refractivity (Wildman–Crippen MR) is 31.4 cm³/mol. The summed E-state index contributed by atoms with van der Waals surface area (Å²) in [5, 5.41) is 0. The first kappa shape index (κ1) is 12.6. The van der Waals surface area contributed by atoms with Crippen molar-refractivity contribution in [2.24, 2.45) is 0 Å². The maximum absolute atomic E-state index is 10.0. The molecule has 0 bridgehead atoms. The monoisotopic (exact) mass is 178 g/mol. The molecule has 0 saturated heterocycles. The van der Waals surface area contributed by atoms with Gasteiger partial charge in [-0.15, -0.1) is 0 Å². The maximum Gasteiger partial charge on any atom is 1.00 e. The Morgan fingerprint density at radius 3 is 2.12 bits per heavy atom. The van der Waals surface area contributed by atoms with Crippen LogP contribution in [0.4, 0.5) is 0 Å². The first-order valence-corrected chi connectivity index (χ1v) is 4.57. The molecule has 0 amide bonds.